The second kappa shape index (κ2) is 5.27. The van der Waals surface area contributed by atoms with Crippen molar-refractivity contribution in [1.82, 2.24) is 0 Å². The normalized spacial score (nSPS) is 12.4. The summed E-state index contributed by atoms with van der Waals surface area (Å²) in [4.78, 5) is 11.5. The molecule has 0 bridgehead atoms. The van der Waals surface area contributed by atoms with Gasteiger partial charge in [-0.1, -0.05) is 18.5 Å². The van der Waals surface area contributed by atoms with Crippen molar-refractivity contribution in [3.8, 4) is 0 Å². The summed E-state index contributed by atoms with van der Waals surface area (Å²) in [5.74, 6) is 0.513. The molecule has 0 saturated heterocycles. The summed E-state index contributed by atoms with van der Waals surface area (Å²) in [6.07, 6.45) is 0. The van der Waals surface area contributed by atoms with Crippen LogP contribution in [-0.2, 0) is 10.8 Å². The van der Waals surface area contributed by atoms with Gasteiger partial charge in [-0.05, 0) is 24.3 Å². The fraction of sp³-hybridized carbons (Fsp3) is 0.300. The summed E-state index contributed by atoms with van der Waals surface area (Å²) < 4.78 is 11.1. The van der Waals surface area contributed by atoms with Crippen molar-refractivity contribution in [3.63, 3.8) is 0 Å². The topological polar surface area (TPSA) is 34.1 Å². The average molecular weight is 231 g/mol. The zero-order chi connectivity index (χ0) is 10.6. The Hall–Kier alpha value is -0.670. The maximum atomic E-state index is 11.5. The number of Topliss-reactive ketones (excluding diaryl/α,β-unsaturated/α-hetero) is 1. The lowest BCUT2D eigenvalue weighted by Crippen LogP contribution is -2.11. The van der Waals surface area contributed by atoms with Crippen LogP contribution >= 0.6 is 11.6 Å². The van der Waals surface area contributed by atoms with Crippen LogP contribution in [0.3, 0.4) is 0 Å². The molecule has 0 heterocycles. The van der Waals surface area contributed by atoms with E-state index in [2.05, 4.69) is 0 Å². The van der Waals surface area contributed by atoms with Gasteiger partial charge in [-0.25, -0.2) is 0 Å². The van der Waals surface area contributed by atoms with Crippen LogP contribution in [0.1, 0.15) is 17.3 Å². The Morgan fingerprint density at radius 2 is 1.93 bits per heavy atom. The smallest absolute Gasteiger partial charge is 0.175 e. The van der Waals surface area contributed by atoms with E-state index in [0.29, 0.717) is 16.3 Å². The lowest BCUT2D eigenvalue weighted by atomic mass is 10.1. The molecule has 1 rings (SSSR count). The number of benzene rings is 1. The molecule has 0 radical (unpaired) electrons. The van der Waals surface area contributed by atoms with Crippen LogP contribution in [0.4, 0.5) is 0 Å². The van der Waals surface area contributed by atoms with Crippen molar-refractivity contribution in [3.05, 3.63) is 34.9 Å². The minimum Gasteiger partial charge on any atom is -0.293 e. The second-order valence-electron chi connectivity index (χ2n) is 2.80. The fourth-order valence-electron chi connectivity index (χ4n) is 0.967. The summed E-state index contributed by atoms with van der Waals surface area (Å²) in [7, 11) is -1.05. The average Bonchev–Trinajstić information content (AvgIpc) is 2.18. The van der Waals surface area contributed by atoms with Crippen molar-refractivity contribution in [2.45, 2.75) is 6.92 Å². The zero-order valence-electron chi connectivity index (χ0n) is 7.83. The molecule has 0 aliphatic carbocycles. The summed E-state index contributed by atoms with van der Waals surface area (Å²) in [5.41, 5.74) is 0.566. The highest BCUT2D eigenvalue weighted by molar-refractivity contribution is 7.85. The molecule has 1 aromatic carbocycles. The van der Waals surface area contributed by atoms with Crippen molar-refractivity contribution in [2.75, 3.05) is 11.5 Å². The van der Waals surface area contributed by atoms with E-state index in [1.807, 2.05) is 0 Å². The van der Waals surface area contributed by atoms with Gasteiger partial charge in [-0.15, -0.1) is 0 Å². The molecule has 0 aromatic heterocycles. The Morgan fingerprint density at radius 3 is 2.43 bits per heavy atom. The first-order chi connectivity index (χ1) is 6.63. The Morgan fingerprint density at radius 1 is 1.36 bits per heavy atom. The molecule has 1 unspecified atom stereocenters. The first kappa shape index (κ1) is 11.4. The third-order valence-electron chi connectivity index (χ3n) is 1.78. The maximum Gasteiger partial charge on any atom is 0.175 e. The Labute approximate surface area is 90.7 Å². The molecule has 0 fully saturated rings. The van der Waals surface area contributed by atoms with Crippen LogP contribution in [0.2, 0.25) is 5.02 Å². The van der Waals surface area contributed by atoms with Gasteiger partial charge in [-0.2, -0.15) is 0 Å². The lowest BCUT2D eigenvalue weighted by molar-refractivity contribution is 0.102. The van der Waals surface area contributed by atoms with E-state index in [1.165, 1.54) is 0 Å². The van der Waals surface area contributed by atoms with E-state index < -0.39 is 10.8 Å². The zero-order valence-corrected chi connectivity index (χ0v) is 9.40. The second-order valence-corrected chi connectivity index (χ2v) is 4.99. The van der Waals surface area contributed by atoms with Crippen molar-refractivity contribution < 1.29 is 9.00 Å². The Balaban J connectivity index is 2.70. The molecule has 0 saturated carbocycles. The molecule has 0 aliphatic rings. The Bertz CT molecular complexity index is 346. The largest absolute Gasteiger partial charge is 0.293 e. The summed E-state index contributed by atoms with van der Waals surface area (Å²) >= 11 is 5.68. The standard InChI is InChI=1S/C10H11ClO2S/c1-2-14(13)7-10(12)8-3-5-9(11)6-4-8/h3-6H,2,7H2,1H3. The SMILES string of the molecule is CCS(=O)CC(=O)c1ccc(Cl)cc1. The van der Waals surface area contributed by atoms with Crippen molar-refractivity contribution in [2.24, 2.45) is 0 Å². The minimum absolute atomic E-state index is 0.0954. The highest BCUT2D eigenvalue weighted by atomic mass is 35.5. The predicted octanol–water partition coefficient (Wildman–Crippen LogP) is 2.29. The molecule has 4 heteroatoms. The molecular weight excluding hydrogens is 220 g/mol. The number of carbonyl (C=O) groups is 1. The lowest BCUT2D eigenvalue weighted by Gasteiger charge is -1.99. The molecule has 0 spiro atoms. The summed E-state index contributed by atoms with van der Waals surface area (Å²) in [6, 6.07) is 6.61. The highest BCUT2D eigenvalue weighted by Gasteiger charge is 2.08. The van der Waals surface area contributed by atoms with Gasteiger partial charge in [0.2, 0.25) is 0 Å². The monoisotopic (exact) mass is 230 g/mol. The molecular formula is C10H11ClO2S. The fourth-order valence-corrected chi connectivity index (χ4v) is 1.76. The first-order valence-electron chi connectivity index (χ1n) is 4.27. The van der Waals surface area contributed by atoms with E-state index in [4.69, 9.17) is 11.6 Å². The number of ketones is 1. The van der Waals surface area contributed by atoms with E-state index in [-0.39, 0.29) is 11.5 Å². The van der Waals surface area contributed by atoms with Crippen molar-refractivity contribution in [1.29, 1.82) is 0 Å². The van der Waals surface area contributed by atoms with Gasteiger partial charge in [0.1, 0.15) is 0 Å². The quantitative estimate of drug-likeness (QED) is 0.744. The van der Waals surface area contributed by atoms with Gasteiger partial charge in [-0.3, -0.25) is 9.00 Å². The van der Waals surface area contributed by atoms with Gasteiger partial charge in [0, 0.05) is 27.1 Å². The Kier molecular flexibility index (Phi) is 4.29. The van der Waals surface area contributed by atoms with Gasteiger partial charge in [0.15, 0.2) is 5.78 Å². The van der Waals surface area contributed by atoms with Crippen LogP contribution in [-0.4, -0.2) is 21.5 Å². The van der Waals surface area contributed by atoms with Crippen LogP contribution in [0.25, 0.3) is 0 Å². The van der Waals surface area contributed by atoms with Crippen molar-refractivity contribution >= 4 is 28.2 Å². The van der Waals surface area contributed by atoms with E-state index in [1.54, 1.807) is 31.2 Å². The van der Waals surface area contributed by atoms with Gasteiger partial charge in [0.05, 0.1) is 5.75 Å². The van der Waals surface area contributed by atoms with Gasteiger partial charge < -0.3 is 0 Å². The summed E-state index contributed by atoms with van der Waals surface area (Å²) in [6.45, 7) is 1.80. The number of halogens is 1. The van der Waals surface area contributed by atoms with Gasteiger partial charge >= 0.3 is 0 Å². The predicted molar refractivity (Wildman–Crippen MR) is 59.3 cm³/mol. The third-order valence-corrected chi connectivity index (χ3v) is 3.26. The van der Waals surface area contributed by atoms with E-state index in [9.17, 15) is 9.00 Å². The molecule has 0 amide bonds. The van der Waals surface area contributed by atoms with Crippen LogP contribution in [0.5, 0.6) is 0 Å². The molecule has 1 aromatic rings. The van der Waals surface area contributed by atoms with Crippen LogP contribution < -0.4 is 0 Å². The molecule has 14 heavy (non-hydrogen) atoms. The van der Waals surface area contributed by atoms with E-state index in [0.717, 1.165) is 0 Å². The number of hydrogen-bond acceptors (Lipinski definition) is 2. The van der Waals surface area contributed by atoms with E-state index >= 15 is 0 Å². The first-order valence-corrected chi connectivity index (χ1v) is 6.14. The number of carbonyl (C=O) groups excluding carboxylic acids is 1. The molecule has 76 valence electrons. The maximum absolute atomic E-state index is 11.5. The molecule has 0 aliphatic heterocycles. The third kappa shape index (κ3) is 3.24. The number of rotatable bonds is 4. The van der Waals surface area contributed by atoms with Crippen LogP contribution in [0.15, 0.2) is 24.3 Å². The van der Waals surface area contributed by atoms with Gasteiger partial charge in [0.25, 0.3) is 0 Å². The molecule has 0 N–H and O–H groups in total. The summed E-state index contributed by atoms with van der Waals surface area (Å²) in [5, 5.41) is 0.596. The molecule has 2 nitrogen and oxygen atoms in total. The number of hydrogen-bond donors (Lipinski definition) is 0. The molecule has 1 atom stereocenters. The van der Waals surface area contributed by atoms with Crippen LogP contribution in [0, 0.1) is 0 Å². The highest BCUT2D eigenvalue weighted by Crippen LogP contribution is 2.10. The minimum atomic E-state index is -1.05.